The minimum atomic E-state index is -4.94. The Hall–Kier alpha value is 0.459. The molecule has 16 N–H and O–H groups in total. The first-order chi connectivity index (χ1) is 7.25. The van der Waals surface area contributed by atoms with Gasteiger partial charge in [0.2, 0.25) is 0 Å². The van der Waals surface area contributed by atoms with Gasteiger partial charge in [-0.25, -0.2) is 37.3 Å². The summed E-state index contributed by atoms with van der Waals surface area (Å²) in [5.41, 5.74) is 10.8. The molecule has 0 amide bonds. The molecule has 0 saturated heterocycles. The monoisotopic (exact) mass is 485 g/mol. The summed E-state index contributed by atoms with van der Waals surface area (Å²) < 4.78 is 67.9. The fourth-order valence-corrected chi connectivity index (χ4v) is 0. The zero-order valence-corrected chi connectivity index (χ0v) is 15.9. The van der Waals surface area contributed by atoms with Crippen molar-refractivity contribution in [3.05, 3.63) is 0 Å². The second-order valence-corrected chi connectivity index (χ2v) is 5.71. The maximum absolute atomic E-state index is 8.49. The Morgan fingerprint density at radius 3 is 0.520 bits per heavy atom. The standard InChI is InChI=1S/C6H16N2.2ClHO4.Cu.6H2O/c1-5(2,7)6(3,4)8;2*2-1(3,4)5;;;;;;;/h7-8H2,1-4H3;2*(H,2,3,4,5);;6*1H2/q;;;+2;;;;;;/p-2. The van der Waals surface area contributed by atoms with Crippen molar-refractivity contribution >= 4 is 0 Å². The molecule has 171 valence electrons. The molecule has 0 saturated carbocycles. The van der Waals surface area contributed by atoms with E-state index in [0.717, 1.165) is 0 Å². The van der Waals surface area contributed by atoms with Gasteiger partial charge in [0.25, 0.3) is 0 Å². The van der Waals surface area contributed by atoms with Gasteiger partial charge < -0.3 is 44.3 Å². The molecule has 0 rings (SSSR count). The number of rotatable bonds is 1. The predicted octanol–water partition coefficient (Wildman–Crippen LogP) is -14.0. The summed E-state index contributed by atoms with van der Waals surface area (Å²) in [7, 11) is -9.89. The SMILES string of the molecule is CC(C)(N)C(C)(C)N.O.O.O.O.O.O.[Cu+2].[O-][Cl+3]([O-])([O-])[O-].[O-][Cl+3]([O-])([O-])[O-]. The fraction of sp³-hybridized carbons (Fsp3) is 1.00. The van der Waals surface area contributed by atoms with Crippen molar-refractivity contribution in [1.29, 1.82) is 0 Å². The van der Waals surface area contributed by atoms with Gasteiger partial charge in [0, 0.05) is 11.1 Å². The largest absolute Gasteiger partial charge is 2.00 e. The van der Waals surface area contributed by atoms with Crippen LogP contribution in [0.1, 0.15) is 27.7 Å². The predicted molar refractivity (Wildman–Crippen MR) is 58.2 cm³/mol. The van der Waals surface area contributed by atoms with Crippen LogP contribution in [0.4, 0.5) is 0 Å². The summed E-state index contributed by atoms with van der Waals surface area (Å²) in [6.45, 7) is 7.69. The van der Waals surface area contributed by atoms with Crippen LogP contribution < -0.4 is 48.7 Å². The van der Waals surface area contributed by atoms with Crippen LogP contribution in [0.15, 0.2) is 0 Å². The van der Waals surface area contributed by atoms with Crippen LogP contribution in [-0.2, 0) is 17.1 Å². The van der Waals surface area contributed by atoms with E-state index >= 15 is 0 Å². The number of hydrogen-bond acceptors (Lipinski definition) is 10. The van der Waals surface area contributed by atoms with Crippen molar-refractivity contribution < 1.29 is 108 Å². The van der Waals surface area contributed by atoms with Crippen molar-refractivity contribution in [3.63, 3.8) is 0 Å². The van der Waals surface area contributed by atoms with E-state index in [1.165, 1.54) is 0 Å². The average molecular weight is 487 g/mol. The van der Waals surface area contributed by atoms with Crippen LogP contribution in [0.5, 0.6) is 0 Å². The second kappa shape index (κ2) is 22.5. The van der Waals surface area contributed by atoms with E-state index in [9.17, 15) is 0 Å². The van der Waals surface area contributed by atoms with Gasteiger partial charge >= 0.3 is 17.1 Å². The van der Waals surface area contributed by atoms with Crippen LogP contribution >= 0.6 is 0 Å². The number of halogens is 2. The summed E-state index contributed by atoms with van der Waals surface area (Å²) in [4.78, 5) is 0. The van der Waals surface area contributed by atoms with Crippen molar-refractivity contribution in [3.8, 4) is 0 Å². The molecule has 0 heterocycles. The van der Waals surface area contributed by atoms with Crippen LogP contribution in [0.2, 0.25) is 0 Å². The molecule has 0 aromatic carbocycles. The van der Waals surface area contributed by atoms with Gasteiger partial charge in [-0.05, 0) is 27.7 Å². The molecule has 0 aliphatic rings. The summed E-state index contributed by atoms with van der Waals surface area (Å²) in [6, 6.07) is 0. The summed E-state index contributed by atoms with van der Waals surface area (Å²) >= 11 is 0. The molecule has 0 atom stereocenters. The Bertz CT molecular complexity index is 189. The average Bonchev–Trinajstić information content (AvgIpc) is 1.70. The van der Waals surface area contributed by atoms with Gasteiger partial charge in [-0.2, -0.15) is 0 Å². The second-order valence-electron chi connectivity index (χ2n) is 4.20. The maximum Gasteiger partial charge on any atom is 2.00 e. The Morgan fingerprint density at radius 1 is 0.480 bits per heavy atom. The van der Waals surface area contributed by atoms with E-state index < -0.39 is 20.5 Å². The van der Waals surface area contributed by atoms with E-state index in [1.54, 1.807) is 0 Å². The molecule has 1 radical (unpaired) electrons. The maximum atomic E-state index is 8.49. The Balaban J connectivity index is -0.0000000152. The topological polar surface area (TPSA) is 426 Å². The molecule has 0 unspecified atom stereocenters. The van der Waals surface area contributed by atoms with Crippen molar-refractivity contribution in [2.24, 2.45) is 11.5 Å². The van der Waals surface area contributed by atoms with Gasteiger partial charge in [0.1, 0.15) is 0 Å². The van der Waals surface area contributed by atoms with E-state index in [2.05, 4.69) is 0 Å². The van der Waals surface area contributed by atoms with Crippen molar-refractivity contribution in [1.82, 2.24) is 0 Å². The molecule has 19 heteroatoms. The van der Waals surface area contributed by atoms with Gasteiger partial charge in [-0.1, -0.05) is 0 Å². The van der Waals surface area contributed by atoms with E-state index in [4.69, 9.17) is 48.7 Å². The van der Waals surface area contributed by atoms with Crippen LogP contribution in [-0.4, -0.2) is 43.9 Å². The molecule has 0 spiro atoms. The van der Waals surface area contributed by atoms with Crippen LogP contribution in [0.3, 0.4) is 0 Å². The molecule has 0 aromatic heterocycles. The smallest absolute Gasteiger partial charge is 0.412 e. The van der Waals surface area contributed by atoms with Crippen molar-refractivity contribution in [2.45, 2.75) is 38.8 Å². The zero-order chi connectivity index (χ0) is 16.0. The fourth-order valence-electron chi connectivity index (χ4n) is 0. The third kappa shape index (κ3) is 138. The molecule has 0 aliphatic carbocycles. The molecule has 25 heavy (non-hydrogen) atoms. The quantitative estimate of drug-likeness (QED) is 0.329. The van der Waals surface area contributed by atoms with Crippen LogP contribution in [0, 0.1) is 20.5 Å². The molecule has 0 aromatic rings. The Morgan fingerprint density at radius 2 is 0.520 bits per heavy atom. The molecule has 16 nitrogen and oxygen atoms in total. The first kappa shape index (κ1) is 63.7. The zero-order valence-electron chi connectivity index (χ0n) is 13.5. The van der Waals surface area contributed by atoms with Gasteiger partial charge in [0.15, 0.2) is 0 Å². The minimum absolute atomic E-state index is 0. The first-order valence-corrected chi connectivity index (χ1v) is 6.53. The normalized spacial score (nSPS) is 9.36. The molecule has 0 bridgehead atoms. The molecule has 0 aliphatic heterocycles. The van der Waals surface area contributed by atoms with E-state index in [0.29, 0.717) is 0 Å². The summed E-state index contributed by atoms with van der Waals surface area (Å²) in [5.74, 6) is 0. The Kier molecular flexibility index (Phi) is 57.4. The first-order valence-electron chi connectivity index (χ1n) is 4.06. The number of hydrogen-bond donors (Lipinski definition) is 2. The van der Waals surface area contributed by atoms with Crippen LogP contribution in [0.25, 0.3) is 0 Å². The van der Waals surface area contributed by atoms with Gasteiger partial charge in [0.05, 0.1) is 0 Å². The summed E-state index contributed by atoms with van der Waals surface area (Å²) in [5, 5.41) is 0. The van der Waals surface area contributed by atoms with Gasteiger partial charge in [-0.3, -0.25) is 0 Å². The van der Waals surface area contributed by atoms with Crippen molar-refractivity contribution in [2.75, 3.05) is 0 Å². The molecular weight excluding hydrogens is 459 g/mol. The molecular formula is C6H28Cl2CuN2O14. The Labute approximate surface area is 158 Å². The third-order valence-corrected chi connectivity index (χ3v) is 1.66. The number of nitrogens with two attached hydrogens (primary N) is 2. The molecule has 0 fully saturated rings. The van der Waals surface area contributed by atoms with E-state index in [1.807, 2.05) is 27.7 Å². The summed E-state index contributed by atoms with van der Waals surface area (Å²) in [6.07, 6.45) is 0. The minimum Gasteiger partial charge on any atom is -0.412 e. The third-order valence-electron chi connectivity index (χ3n) is 1.66. The van der Waals surface area contributed by atoms with E-state index in [-0.39, 0.29) is 61.0 Å². The van der Waals surface area contributed by atoms with Gasteiger partial charge in [-0.15, -0.1) is 20.5 Å².